The Morgan fingerprint density at radius 3 is 3.10 bits per heavy atom. The normalized spacial score (nSPS) is 24.3. The Morgan fingerprint density at radius 2 is 2.33 bits per heavy atom. The zero-order chi connectivity index (χ0) is 14.5. The standard InChI is InChI=1S/C15H23N3O2S/c19-15(17-6-5-14-16-7-10-21-14)13-11-20-9-8-18(13)12-3-1-2-4-12/h7,10,12-13H,1-6,8-9,11H2,(H,17,19). The second-order valence-electron chi connectivity index (χ2n) is 5.73. The van der Waals surface area contributed by atoms with E-state index in [1.807, 2.05) is 5.38 Å². The zero-order valence-corrected chi connectivity index (χ0v) is 13.1. The Morgan fingerprint density at radius 1 is 1.48 bits per heavy atom. The number of aromatic nitrogens is 1. The molecule has 1 aromatic heterocycles. The highest BCUT2D eigenvalue weighted by Crippen LogP contribution is 2.26. The fourth-order valence-corrected chi connectivity index (χ4v) is 3.92. The first-order valence-corrected chi connectivity index (χ1v) is 8.72. The third kappa shape index (κ3) is 3.81. The summed E-state index contributed by atoms with van der Waals surface area (Å²) in [6, 6.07) is 0.460. The number of hydrogen-bond donors (Lipinski definition) is 1. The van der Waals surface area contributed by atoms with Gasteiger partial charge in [-0.2, -0.15) is 0 Å². The molecular weight excluding hydrogens is 286 g/mol. The van der Waals surface area contributed by atoms with Gasteiger partial charge in [0.1, 0.15) is 6.04 Å². The van der Waals surface area contributed by atoms with Gasteiger partial charge in [0.2, 0.25) is 5.91 Å². The van der Waals surface area contributed by atoms with Gasteiger partial charge in [0.25, 0.3) is 0 Å². The fraction of sp³-hybridized carbons (Fsp3) is 0.733. The lowest BCUT2D eigenvalue weighted by Crippen LogP contribution is -2.56. The van der Waals surface area contributed by atoms with E-state index in [1.165, 1.54) is 25.7 Å². The summed E-state index contributed by atoms with van der Waals surface area (Å²) in [4.78, 5) is 19.0. The molecule has 1 aliphatic heterocycles. The molecule has 2 fully saturated rings. The van der Waals surface area contributed by atoms with Crippen LogP contribution in [0, 0.1) is 0 Å². The molecule has 1 amide bonds. The van der Waals surface area contributed by atoms with Crippen LogP contribution < -0.4 is 5.32 Å². The lowest BCUT2D eigenvalue weighted by atomic mass is 10.1. The minimum absolute atomic E-state index is 0.109. The molecular formula is C15H23N3O2S. The molecule has 1 N–H and O–H groups in total. The number of ether oxygens (including phenoxy) is 1. The summed E-state index contributed by atoms with van der Waals surface area (Å²) in [7, 11) is 0. The molecule has 1 atom stereocenters. The first kappa shape index (κ1) is 14.9. The van der Waals surface area contributed by atoms with Gasteiger partial charge in [0.15, 0.2) is 0 Å². The first-order valence-electron chi connectivity index (χ1n) is 7.84. The molecule has 1 unspecified atom stereocenters. The maximum Gasteiger partial charge on any atom is 0.239 e. The summed E-state index contributed by atoms with van der Waals surface area (Å²) in [6.45, 7) is 2.82. The molecule has 2 heterocycles. The summed E-state index contributed by atoms with van der Waals surface area (Å²) >= 11 is 1.63. The smallest absolute Gasteiger partial charge is 0.239 e. The van der Waals surface area contributed by atoms with E-state index in [0.29, 0.717) is 19.2 Å². The number of thiazole rings is 1. The first-order chi connectivity index (χ1) is 10.3. The Balaban J connectivity index is 1.51. The number of carbonyl (C=O) groups is 1. The van der Waals surface area contributed by atoms with Gasteiger partial charge in [0.05, 0.1) is 18.2 Å². The van der Waals surface area contributed by atoms with Crippen LogP contribution in [0.3, 0.4) is 0 Å². The van der Waals surface area contributed by atoms with Crippen LogP contribution in [0.5, 0.6) is 0 Å². The van der Waals surface area contributed by atoms with Crippen LogP contribution in [-0.4, -0.2) is 54.2 Å². The number of hydrogen-bond acceptors (Lipinski definition) is 5. The lowest BCUT2D eigenvalue weighted by molar-refractivity contribution is -0.134. The fourth-order valence-electron chi connectivity index (χ4n) is 3.30. The highest BCUT2D eigenvalue weighted by Gasteiger charge is 2.35. The second kappa shape index (κ2) is 7.33. The minimum Gasteiger partial charge on any atom is -0.378 e. The van der Waals surface area contributed by atoms with Crippen LogP contribution in [0.2, 0.25) is 0 Å². The van der Waals surface area contributed by atoms with Crippen molar-refractivity contribution in [3.8, 4) is 0 Å². The molecule has 1 saturated heterocycles. The molecule has 0 spiro atoms. The third-order valence-corrected chi connectivity index (χ3v) is 5.23. The summed E-state index contributed by atoms with van der Waals surface area (Å²) < 4.78 is 5.53. The van der Waals surface area contributed by atoms with Gasteiger partial charge in [-0.05, 0) is 12.8 Å². The van der Waals surface area contributed by atoms with Crippen molar-refractivity contribution in [3.05, 3.63) is 16.6 Å². The Labute approximate surface area is 129 Å². The van der Waals surface area contributed by atoms with Gasteiger partial charge in [-0.15, -0.1) is 11.3 Å². The molecule has 3 rings (SSSR count). The second-order valence-corrected chi connectivity index (χ2v) is 6.71. The van der Waals surface area contributed by atoms with Crippen LogP contribution in [0.4, 0.5) is 0 Å². The number of carbonyl (C=O) groups excluding carboxylic acids is 1. The van der Waals surface area contributed by atoms with Gasteiger partial charge in [-0.25, -0.2) is 4.98 Å². The van der Waals surface area contributed by atoms with Crippen molar-refractivity contribution < 1.29 is 9.53 Å². The van der Waals surface area contributed by atoms with Gasteiger partial charge in [-0.3, -0.25) is 9.69 Å². The lowest BCUT2D eigenvalue weighted by Gasteiger charge is -2.38. The van der Waals surface area contributed by atoms with Crippen molar-refractivity contribution in [2.45, 2.75) is 44.2 Å². The van der Waals surface area contributed by atoms with Crippen LogP contribution >= 0.6 is 11.3 Å². The molecule has 6 heteroatoms. The van der Waals surface area contributed by atoms with Crippen molar-refractivity contribution in [2.24, 2.45) is 0 Å². The van der Waals surface area contributed by atoms with E-state index in [4.69, 9.17) is 4.74 Å². The molecule has 1 saturated carbocycles. The number of rotatable bonds is 5. The van der Waals surface area contributed by atoms with Gasteiger partial charge in [-0.1, -0.05) is 12.8 Å². The molecule has 1 aliphatic carbocycles. The topological polar surface area (TPSA) is 54.5 Å². The maximum atomic E-state index is 12.4. The maximum absolute atomic E-state index is 12.4. The van der Waals surface area contributed by atoms with E-state index in [-0.39, 0.29) is 11.9 Å². The van der Waals surface area contributed by atoms with Crippen molar-refractivity contribution in [1.82, 2.24) is 15.2 Å². The van der Waals surface area contributed by atoms with Crippen molar-refractivity contribution >= 4 is 17.2 Å². The van der Waals surface area contributed by atoms with E-state index in [2.05, 4.69) is 15.2 Å². The monoisotopic (exact) mass is 309 g/mol. The van der Waals surface area contributed by atoms with E-state index in [1.54, 1.807) is 17.5 Å². The van der Waals surface area contributed by atoms with E-state index in [9.17, 15) is 4.79 Å². The molecule has 0 aromatic carbocycles. The highest BCUT2D eigenvalue weighted by atomic mass is 32.1. The van der Waals surface area contributed by atoms with Gasteiger partial charge < -0.3 is 10.1 Å². The van der Waals surface area contributed by atoms with E-state index >= 15 is 0 Å². The third-order valence-electron chi connectivity index (χ3n) is 4.39. The molecule has 0 radical (unpaired) electrons. The number of nitrogens with one attached hydrogen (secondary N) is 1. The van der Waals surface area contributed by atoms with Crippen molar-refractivity contribution in [1.29, 1.82) is 0 Å². The summed E-state index contributed by atoms with van der Waals surface area (Å²) in [5.74, 6) is 0.109. The average Bonchev–Trinajstić information content (AvgIpc) is 3.20. The van der Waals surface area contributed by atoms with Crippen LogP contribution in [0.25, 0.3) is 0 Å². The average molecular weight is 309 g/mol. The molecule has 5 nitrogen and oxygen atoms in total. The Bertz CT molecular complexity index is 446. The van der Waals surface area contributed by atoms with Crippen molar-refractivity contribution in [2.75, 3.05) is 26.3 Å². The molecule has 116 valence electrons. The predicted molar refractivity (Wildman–Crippen MR) is 82.4 cm³/mol. The Kier molecular flexibility index (Phi) is 5.22. The quantitative estimate of drug-likeness (QED) is 0.894. The zero-order valence-electron chi connectivity index (χ0n) is 12.3. The summed E-state index contributed by atoms with van der Waals surface area (Å²) in [6.07, 6.45) is 7.64. The van der Waals surface area contributed by atoms with E-state index < -0.39 is 0 Å². The summed E-state index contributed by atoms with van der Waals surface area (Å²) in [5.41, 5.74) is 0. The Hall–Kier alpha value is -0.980. The highest BCUT2D eigenvalue weighted by molar-refractivity contribution is 7.09. The van der Waals surface area contributed by atoms with Crippen molar-refractivity contribution in [3.63, 3.8) is 0 Å². The number of amides is 1. The number of nitrogens with zero attached hydrogens (tertiary/aromatic N) is 2. The molecule has 21 heavy (non-hydrogen) atoms. The molecule has 2 aliphatic rings. The number of morpholine rings is 1. The largest absolute Gasteiger partial charge is 0.378 e. The van der Waals surface area contributed by atoms with Crippen LogP contribution in [-0.2, 0) is 16.0 Å². The van der Waals surface area contributed by atoms with Gasteiger partial charge >= 0.3 is 0 Å². The van der Waals surface area contributed by atoms with Crippen LogP contribution in [0.15, 0.2) is 11.6 Å². The molecule has 1 aromatic rings. The molecule has 0 bridgehead atoms. The summed E-state index contributed by atoms with van der Waals surface area (Å²) in [5, 5.41) is 6.09. The van der Waals surface area contributed by atoms with E-state index in [0.717, 1.165) is 24.6 Å². The van der Waals surface area contributed by atoms with Crippen LogP contribution in [0.1, 0.15) is 30.7 Å². The predicted octanol–water partition coefficient (Wildman–Crippen LogP) is 1.45. The minimum atomic E-state index is -0.113. The van der Waals surface area contributed by atoms with Gasteiger partial charge in [0, 0.05) is 37.1 Å². The SMILES string of the molecule is O=C(NCCc1nccs1)C1COCCN1C1CCCC1.